The van der Waals surface area contributed by atoms with Crippen molar-refractivity contribution < 1.29 is 19.4 Å². The first-order chi connectivity index (χ1) is 7.92. The predicted molar refractivity (Wildman–Crippen MR) is 61.7 cm³/mol. The number of alkyl halides is 1. The van der Waals surface area contributed by atoms with Crippen molar-refractivity contribution in [3.63, 3.8) is 0 Å². The first-order valence-electron chi connectivity index (χ1n) is 5.32. The molecule has 1 rings (SSSR count). The van der Waals surface area contributed by atoms with Crippen molar-refractivity contribution in [3.05, 3.63) is 29.3 Å². The lowest BCUT2D eigenvalue weighted by atomic mass is 9.92. The molecule has 4 N–H and O–H groups in total. The largest absolute Gasteiger partial charge is 0.508 e. The number of aliphatic carboxylic acids is 1. The lowest BCUT2D eigenvalue weighted by molar-refractivity contribution is -0.143. The zero-order chi connectivity index (χ0) is 13.1. The second-order valence-electron chi connectivity index (χ2n) is 4.09. The lowest BCUT2D eigenvalue weighted by Gasteiger charge is -2.21. The Bertz CT molecular complexity index is 422. The fourth-order valence-corrected chi connectivity index (χ4v) is 1.58. The Morgan fingerprint density at radius 2 is 2.18 bits per heavy atom. The molecule has 1 aromatic rings. The molecule has 0 fully saturated rings. The third-order valence-corrected chi connectivity index (χ3v) is 2.71. The molecule has 0 bridgehead atoms. The molecule has 5 heteroatoms. The van der Waals surface area contributed by atoms with Gasteiger partial charge in [0.2, 0.25) is 0 Å². The number of benzene rings is 1. The maximum absolute atomic E-state index is 12.7. The van der Waals surface area contributed by atoms with E-state index in [1.54, 1.807) is 12.1 Å². The Labute approximate surface area is 98.9 Å². The topological polar surface area (TPSA) is 83.6 Å². The van der Waals surface area contributed by atoms with E-state index in [-0.39, 0.29) is 12.2 Å². The first kappa shape index (κ1) is 13.4. The average Bonchev–Trinajstić information content (AvgIpc) is 2.31. The number of rotatable bonds is 5. The molecule has 0 spiro atoms. The Balaban J connectivity index is 2.98. The van der Waals surface area contributed by atoms with Crippen LogP contribution in [0.3, 0.4) is 0 Å². The third-order valence-electron chi connectivity index (χ3n) is 2.71. The zero-order valence-electron chi connectivity index (χ0n) is 9.61. The van der Waals surface area contributed by atoms with E-state index in [0.29, 0.717) is 17.5 Å². The highest BCUT2D eigenvalue weighted by Gasteiger charge is 2.34. The van der Waals surface area contributed by atoms with Crippen molar-refractivity contribution in [1.29, 1.82) is 0 Å². The van der Waals surface area contributed by atoms with Gasteiger partial charge in [0.05, 0.1) is 0 Å². The number of aromatic hydroxyl groups is 1. The molecule has 0 aromatic heterocycles. The van der Waals surface area contributed by atoms with E-state index >= 15 is 0 Å². The highest BCUT2D eigenvalue weighted by atomic mass is 19.1. The molecular formula is C12H16FNO3. The standard InChI is InChI=1S/C12H16FNO3/c1-2-9-5-8(3-4-10(9)15)6-12(14,7-13)11(16)17/h3-5,15H,2,6-7,14H2,1H3,(H,16,17). The van der Waals surface area contributed by atoms with Crippen LogP contribution in [0.4, 0.5) is 4.39 Å². The zero-order valence-corrected chi connectivity index (χ0v) is 9.61. The molecule has 0 aliphatic rings. The van der Waals surface area contributed by atoms with Crippen LogP contribution in [-0.2, 0) is 17.6 Å². The van der Waals surface area contributed by atoms with Crippen LogP contribution in [0.1, 0.15) is 18.1 Å². The Kier molecular flexibility index (Phi) is 4.07. The van der Waals surface area contributed by atoms with Crippen LogP contribution in [0.25, 0.3) is 0 Å². The number of carbonyl (C=O) groups is 1. The van der Waals surface area contributed by atoms with Gasteiger partial charge in [-0.1, -0.05) is 19.1 Å². The van der Waals surface area contributed by atoms with Crippen molar-refractivity contribution in [2.75, 3.05) is 6.67 Å². The molecule has 0 saturated heterocycles. The molecule has 0 radical (unpaired) electrons. The van der Waals surface area contributed by atoms with Gasteiger partial charge in [0.15, 0.2) is 0 Å². The number of aryl methyl sites for hydroxylation is 1. The van der Waals surface area contributed by atoms with Gasteiger partial charge < -0.3 is 15.9 Å². The molecule has 94 valence electrons. The maximum atomic E-state index is 12.7. The van der Waals surface area contributed by atoms with Crippen molar-refractivity contribution >= 4 is 5.97 Å². The molecule has 17 heavy (non-hydrogen) atoms. The average molecular weight is 241 g/mol. The molecule has 0 heterocycles. The number of halogens is 1. The summed E-state index contributed by atoms with van der Waals surface area (Å²) in [7, 11) is 0. The summed E-state index contributed by atoms with van der Waals surface area (Å²) in [6.07, 6.45) is 0.506. The van der Waals surface area contributed by atoms with Gasteiger partial charge in [0, 0.05) is 6.42 Å². The molecular weight excluding hydrogens is 225 g/mol. The van der Waals surface area contributed by atoms with Crippen LogP contribution in [0.2, 0.25) is 0 Å². The highest BCUT2D eigenvalue weighted by molar-refractivity contribution is 5.79. The van der Waals surface area contributed by atoms with Crippen molar-refractivity contribution in [1.82, 2.24) is 0 Å². The number of hydrogen-bond acceptors (Lipinski definition) is 3. The minimum Gasteiger partial charge on any atom is -0.508 e. The fourth-order valence-electron chi connectivity index (χ4n) is 1.58. The van der Waals surface area contributed by atoms with Gasteiger partial charge in [-0.05, 0) is 23.6 Å². The number of carboxylic acids is 1. The molecule has 0 saturated carbocycles. The smallest absolute Gasteiger partial charge is 0.326 e. The normalized spacial score (nSPS) is 14.3. The third kappa shape index (κ3) is 2.94. The van der Waals surface area contributed by atoms with E-state index < -0.39 is 18.2 Å². The quantitative estimate of drug-likeness (QED) is 0.724. The van der Waals surface area contributed by atoms with Gasteiger partial charge >= 0.3 is 5.97 Å². The van der Waals surface area contributed by atoms with Crippen LogP contribution in [0.5, 0.6) is 5.75 Å². The first-order valence-corrected chi connectivity index (χ1v) is 5.32. The minimum atomic E-state index is -1.90. The van der Waals surface area contributed by atoms with E-state index in [1.807, 2.05) is 6.92 Å². The predicted octanol–water partition coefficient (Wildman–Crippen LogP) is 1.25. The van der Waals surface area contributed by atoms with Gasteiger partial charge in [0.1, 0.15) is 18.0 Å². The summed E-state index contributed by atoms with van der Waals surface area (Å²) in [4.78, 5) is 10.9. The Morgan fingerprint density at radius 1 is 1.53 bits per heavy atom. The molecule has 0 aliphatic carbocycles. The van der Waals surface area contributed by atoms with Crippen molar-refractivity contribution in [2.24, 2.45) is 5.73 Å². The summed E-state index contributed by atoms with van der Waals surface area (Å²) in [5.74, 6) is -1.22. The summed E-state index contributed by atoms with van der Waals surface area (Å²) < 4.78 is 12.7. The van der Waals surface area contributed by atoms with Crippen LogP contribution in [0, 0.1) is 0 Å². The summed E-state index contributed by atoms with van der Waals surface area (Å²) in [6, 6.07) is 4.67. The molecule has 1 unspecified atom stereocenters. The Morgan fingerprint density at radius 3 is 2.65 bits per heavy atom. The second-order valence-corrected chi connectivity index (χ2v) is 4.09. The van der Waals surface area contributed by atoms with Gasteiger partial charge in [-0.3, -0.25) is 4.79 Å². The van der Waals surface area contributed by atoms with Crippen molar-refractivity contribution in [2.45, 2.75) is 25.3 Å². The van der Waals surface area contributed by atoms with Crippen LogP contribution in [-0.4, -0.2) is 28.4 Å². The molecule has 0 aliphatic heterocycles. The highest BCUT2D eigenvalue weighted by Crippen LogP contribution is 2.21. The number of nitrogens with two attached hydrogens (primary N) is 1. The second kappa shape index (κ2) is 5.14. The van der Waals surface area contributed by atoms with Crippen LogP contribution < -0.4 is 5.73 Å². The van der Waals surface area contributed by atoms with E-state index in [2.05, 4.69) is 0 Å². The number of phenols is 1. The summed E-state index contributed by atoms with van der Waals surface area (Å²) in [5.41, 5.74) is 4.85. The van der Waals surface area contributed by atoms with E-state index in [1.165, 1.54) is 6.07 Å². The van der Waals surface area contributed by atoms with Crippen LogP contribution >= 0.6 is 0 Å². The molecule has 1 aromatic carbocycles. The molecule has 4 nitrogen and oxygen atoms in total. The van der Waals surface area contributed by atoms with E-state index in [4.69, 9.17) is 10.8 Å². The van der Waals surface area contributed by atoms with E-state index in [9.17, 15) is 14.3 Å². The van der Waals surface area contributed by atoms with Crippen molar-refractivity contribution in [3.8, 4) is 5.75 Å². The van der Waals surface area contributed by atoms with Gasteiger partial charge in [-0.2, -0.15) is 0 Å². The SMILES string of the molecule is CCc1cc(CC(N)(CF)C(=O)O)ccc1O. The van der Waals surface area contributed by atoms with Gasteiger partial charge in [-0.25, -0.2) is 4.39 Å². The number of hydrogen-bond donors (Lipinski definition) is 3. The monoisotopic (exact) mass is 241 g/mol. The molecule has 1 atom stereocenters. The van der Waals surface area contributed by atoms with Crippen LogP contribution in [0.15, 0.2) is 18.2 Å². The minimum absolute atomic E-state index is 0.105. The van der Waals surface area contributed by atoms with E-state index in [0.717, 1.165) is 0 Å². The maximum Gasteiger partial charge on any atom is 0.326 e. The molecule has 0 amide bonds. The fraction of sp³-hybridized carbons (Fsp3) is 0.417. The lowest BCUT2D eigenvalue weighted by Crippen LogP contribution is -2.52. The van der Waals surface area contributed by atoms with Gasteiger partial charge in [0.25, 0.3) is 0 Å². The summed E-state index contributed by atoms with van der Waals surface area (Å²) >= 11 is 0. The summed E-state index contributed by atoms with van der Waals surface area (Å²) in [5, 5.41) is 18.3. The van der Waals surface area contributed by atoms with Gasteiger partial charge in [-0.15, -0.1) is 0 Å². The number of carboxylic acid groups (broad SMARTS) is 1. The summed E-state index contributed by atoms with van der Waals surface area (Å²) in [6.45, 7) is 0.728. The number of phenolic OH excluding ortho intramolecular Hbond substituents is 1. The Hall–Kier alpha value is -1.62.